The average Bonchev–Trinajstić information content (AvgIpc) is 3.35. The van der Waals surface area contributed by atoms with E-state index in [-0.39, 0.29) is 6.10 Å². The van der Waals surface area contributed by atoms with Crippen molar-refractivity contribution in [2.45, 2.75) is 58.4 Å². The largest absolute Gasteiger partial charge is 0.461 e. The van der Waals surface area contributed by atoms with E-state index in [1.165, 1.54) is 11.1 Å². The Morgan fingerprint density at radius 1 is 1.14 bits per heavy atom. The zero-order valence-electron chi connectivity index (χ0n) is 17.9. The minimum Gasteiger partial charge on any atom is -0.461 e. The number of hydrogen-bond acceptors (Lipinski definition) is 4. The molecule has 29 heavy (non-hydrogen) atoms. The van der Waals surface area contributed by atoms with Gasteiger partial charge in [0.15, 0.2) is 5.60 Å². The van der Waals surface area contributed by atoms with Crippen molar-refractivity contribution in [1.29, 1.82) is 0 Å². The van der Waals surface area contributed by atoms with Crippen molar-refractivity contribution in [3.05, 3.63) is 83.3 Å². The summed E-state index contributed by atoms with van der Waals surface area (Å²) in [6.45, 7) is 16.8. The van der Waals surface area contributed by atoms with Crippen LogP contribution in [0.2, 0.25) is 0 Å². The van der Waals surface area contributed by atoms with Gasteiger partial charge in [0.05, 0.1) is 12.6 Å². The number of aryl methyl sites for hydroxylation is 1. The Morgan fingerprint density at radius 2 is 1.86 bits per heavy atom. The highest BCUT2D eigenvalue weighted by atomic mass is 16.5. The van der Waals surface area contributed by atoms with Crippen LogP contribution in [0, 0.1) is 6.92 Å². The molecule has 0 saturated carbocycles. The van der Waals surface area contributed by atoms with Crippen molar-refractivity contribution >= 4 is 0 Å². The number of aliphatic hydroxyl groups is 1. The van der Waals surface area contributed by atoms with E-state index in [0.29, 0.717) is 23.5 Å². The topological polar surface area (TPSA) is 45.8 Å². The SMILES string of the molecule is C=C(C)C(O)(C(=C)C)c1ccc(CN(Cc2ccccc2C)C[C@H]2CCCO2)o1. The fourth-order valence-electron chi connectivity index (χ4n) is 3.95. The highest BCUT2D eigenvalue weighted by Crippen LogP contribution is 2.36. The van der Waals surface area contributed by atoms with Gasteiger partial charge in [-0.1, -0.05) is 37.4 Å². The molecule has 1 saturated heterocycles. The lowest BCUT2D eigenvalue weighted by atomic mass is 9.87. The highest BCUT2D eigenvalue weighted by molar-refractivity contribution is 5.35. The van der Waals surface area contributed by atoms with Crippen LogP contribution in [0.1, 0.15) is 49.3 Å². The molecule has 3 rings (SSSR count). The van der Waals surface area contributed by atoms with Gasteiger partial charge in [0, 0.05) is 19.7 Å². The van der Waals surface area contributed by atoms with Crippen LogP contribution in [0.5, 0.6) is 0 Å². The second kappa shape index (κ2) is 9.12. The van der Waals surface area contributed by atoms with E-state index in [4.69, 9.17) is 9.15 Å². The Hall–Kier alpha value is -2.14. The second-order valence-electron chi connectivity index (χ2n) is 8.27. The summed E-state index contributed by atoms with van der Waals surface area (Å²) in [5, 5.41) is 11.1. The third kappa shape index (κ3) is 4.89. The van der Waals surface area contributed by atoms with E-state index in [0.717, 1.165) is 38.3 Å². The molecule has 0 bridgehead atoms. The quantitative estimate of drug-likeness (QED) is 0.600. The standard InChI is InChI=1S/C25H33NO3/c1-18(2)25(27,19(3)4)24-13-12-23(29-24)17-26(16-22-11-8-14-28-22)15-21-10-7-6-9-20(21)5/h6-7,9-10,12-13,22,27H,1,3,8,11,14-17H2,2,4-5H3/t22-/m1/s1. The molecule has 1 aromatic carbocycles. The van der Waals surface area contributed by atoms with E-state index in [2.05, 4.69) is 49.2 Å². The normalized spacial score (nSPS) is 17.1. The van der Waals surface area contributed by atoms with Crippen LogP contribution in [0.15, 0.2) is 65.1 Å². The molecule has 2 heterocycles. The summed E-state index contributed by atoms with van der Waals surface area (Å²) in [6, 6.07) is 12.2. The summed E-state index contributed by atoms with van der Waals surface area (Å²) in [5.41, 5.74) is 2.44. The van der Waals surface area contributed by atoms with Crippen LogP contribution in [0.25, 0.3) is 0 Å². The smallest absolute Gasteiger partial charge is 0.163 e. The number of ether oxygens (including phenoxy) is 1. The Bertz CT molecular complexity index is 846. The molecule has 4 heteroatoms. The van der Waals surface area contributed by atoms with Crippen molar-refractivity contribution in [3.63, 3.8) is 0 Å². The number of rotatable bonds is 9. The summed E-state index contributed by atoms with van der Waals surface area (Å²) in [7, 11) is 0. The van der Waals surface area contributed by atoms with Gasteiger partial charge in [-0.05, 0) is 68.0 Å². The Labute approximate surface area is 174 Å². The van der Waals surface area contributed by atoms with Gasteiger partial charge in [0.1, 0.15) is 11.5 Å². The maximum Gasteiger partial charge on any atom is 0.163 e. The van der Waals surface area contributed by atoms with Crippen molar-refractivity contribution in [2.24, 2.45) is 0 Å². The Kier molecular flexibility index (Phi) is 6.78. The fourth-order valence-corrected chi connectivity index (χ4v) is 3.95. The molecule has 1 aliphatic heterocycles. The van der Waals surface area contributed by atoms with Gasteiger partial charge in [0.25, 0.3) is 0 Å². The number of nitrogens with zero attached hydrogens (tertiary/aromatic N) is 1. The van der Waals surface area contributed by atoms with Gasteiger partial charge in [-0.3, -0.25) is 4.90 Å². The summed E-state index contributed by atoms with van der Waals surface area (Å²) in [6.07, 6.45) is 2.48. The first kappa shape index (κ1) is 21.6. The van der Waals surface area contributed by atoms with Crippen LogP contribution >= 0.6 is 0 Å². The van der Waals surface area contributed by atoms with Crippen LogP contribution in [-0.4, -0.2) is 29.3 Å². The van der Waals surface area contributed by atoms with Gasteiger partial charge in [-0.25, -0.2) is 0 Å². The van der Waals surface area contributed by atoms with E-state index >= 15 is 0 Å². The predicted octanol–water partition coefficient (Wildman–Crippen LogP) is 5.11. The molecule has 0 unspecified atom stereocenters. The van der Waals surface area contributed by atoms with Crippen molar-refractivity contribution in [2.75, 3.05) is 13.2 Å². The van der Waals surface area contributed by atoms with Gasteiger partial charge >= 0.3 is 0 Å². The maximum atomic E-state index is 11.1. The minimum absolute atomic E-state index is 0.260. The second-order valence-corrected chi connectivity index (χ2v) is 8.27. The third-order valence-electron chi connectivity index (χ3n) is 5.77. The molecule has 156 valence electrons. The monoisotopic (exact) mass is 395 g/mol. The molecule has 1 aliphatic rings. The van der Waals surface area contributed by atoms with Crippen LogP contribution in [0.3, 0.4) is 0 Å². The van der Waals surface area contributed by atoms with Gasteiger partial charge in [-0.2, -0.15) is 0 Å². The molecular formula is C25H33NO3. The predicted molar refractivity (Wildman–Crippen MR) is 116 cm³/mol. The number of furan rings is 1. The average molecular weight is 396 g/mol. The summed E-state index contributed by atoms with van der Waals surface area (Å²) in [5.74, 6) is 1.29. The summed E-state index contributed by atoms with van der Waals surface area (Å²) < 4.78 is 12.0. The zero-order valence-corrected chi connectivity index (χ0v) is 17.9. The molecule has 1 atom stereocenters. The van der Waals surface area contributed by atoms with E-state index < -0.39 is 5.60 Å². The molecule has 1 N–H and O–H groups in total. The van der Waals surface area contributed by atoms with Gasteiger partial charge in [-0.15, -0.1) is 0 Å². The fraction of sp³-hybridized carbons (Fsp3) is 0.440. The molecular weight excluding hydrogens is 362 g/mol. The van der Waals surface area contributed by atoms with Crippen LogP contribution in [-0.2, 0) is 23.4 Å². The highest BCUT2D eigenvalue weighted by Gasteiger charge is 2.35. The lowest BCUT2D eigenvalue weighted by Gasteiger charge is -2.27. The lowest BCUT2D eigenvalue weighted by molar-refractivity contribution is 0.0623. The first-order valence-electron chi connectivity index (χ1n) is 10.3. The van der Waals surface area contributed by atoms with Crippen molar-refractivity contribution < 1.29 is 14.3 Å². The molecule has 0 radical (unpaired) electrons. The molecule has 1 aromatic heterocycles. The van der Waals surface area contributed by atoms with Gasteiger partial charge < -0.3 is 14.3 Å². The number of benzene rings is 1. The molecule has 2 aromatic rings. The third-order valence-corrected chi connectivity index (χ3v) is 5.77. The first-order chi connectivity index (χ1) is 13.8. The number of hydrogen-bond donors (Lipinski definition) is 1. The van der Waals surface area contributed by atoms with E-state index in [1.54, 1.807) is 13.8 Å². The van der Waals surface area contributed by atoms with Crippen LogP contribution in [0.4, 0.5) is 0 Å². The Balaban J connectivity index is 1.80. The summed E-state index contributed by atoms with van der Waals surface area (Å²) >= 11 is 0. The molecule has 0 aliphatic carbocycles. The van der Waals surface area contributed by atoms with Crippen LogP contribution < -0.4 is 0 Å². The van der Waals surface area contributed by atoms with Crippen molar-refractivity contribution in [1.82, 2.24) is 4.90 Å². The molecule has 4 nitrogen and oxygen atoms in total. The Morgan fingerprint density at radius 3 is 2.48 bits per heavy atom. The summed E-state index contributed by atoms with van der Waals surface area (Å²) in [4.78, 5) is 2.36. The minimum atomic E-state index is -1.34. The van der Waals surface area contributed by atoms with E-state index in [9.17, 15) is 5.11 Å². The first-order valence-corrected chi connectivity index (χ1v) is 10.3. The molecule has 0 spiro atoms. The zero-order chi connectivity index (χ0) is 21.0. The maximum absolute atomic E-state index is 11.1. The molecule has 0 amide bonds. The van der Waals surface area contributed by atoms with Gasteiger partial charge in [0.2, 0.25) is 0 Å². The van der Waals surface area contributed by atoms with Crippen molar-refractivity contribution in [3.8, 4) is 0 Å². The lowest BCUT2D eigenvalue weighted by Crippen LogP contribution is -2.31. The molecule has 1 fully saturated rings. The van der Waals surface area contributed by atoms with E-state index in [1.807, 2.05) is 12.1 Å².